The first-order valence-corrected chi connectivity index (χ1v) is 16.5. The maximum atomic E-state index is 14.7. The van der Waals surface area contributed by atoms with Crippen molar-refractivity contribution in [3.05, 3.63) is 63.0 Å². The van der Waals surface area contributed by atoms with E-state index in [0.717, 1.165) is 25.7 Å². The second-order valence-corrected chi connectivity index (χ2v) is 13.1. The number of aliphatic carboxylic acids is 1. The van der Waals surface area contributed by atoms with Crippen molar-refractivity contribution >= 4 is 35.1 Å². The van der Waals surface area contributed by atoms with Crippen molar-refractivity contribution in [1.29, 1.82) is 0 Å². The van der Waals surface area contributed by atoms with Gasteiger partial charge in [0.15, 0.2) is 10.8 Å². The fourth-order valence-corrected chi connectivity index (χ4v) is 7.43. The Kier molecular flexibility index (Phi) is 8.91. The number of nitrogens with zero attached hydrogens (tertiary/aromatic N) is 5. The van der Waals surface area contributed by atoms with Crippen LogP contribution in [0.2, 0.25) is 0 Å². The molecule has 1 aliphatic carbocycles. The lowest BCUT2D eigenvalue weighted by Crippen LogP contribution is -2.55. The number of amides is 2. The monoisotopic (exact) mass is 638 g/mol. The van der Waals surface area contributed by atoms with E-state index in [1.165, 1.54) is 17.4 Å². The van der Waals surface area contributed by atoms with Gasteiger partial charge >= 0.3 is 18.0 Å². The third-order valence-corrected chi connectivity index (χ3v) is 10.4. The van der Waals surface area contributed by atoms with E-state index in [9.17, 15) is 23.9 Å². The zero-order chi connectivity index (χ0) is 31.7. The Labute approximate surface area is 265 Å². The second-order valence-electron chi connectivity index (χ2n) is 12.2. The number of nitrogens with one attached hydrogen (secondary N) is 1. The molecule has 2 aromatic rings. The number of likely N-dealkylation sites (tertiary alicyclic amines) is 1. The molecule has 11 nitrogen and oxygen atoms in total. The Morgan fingerprint density at radius 2 is 1.82 bits per heavy atom. The van der Waals surface area contributed by atoms with Crippen LogP contribution in [-0.4, -0.2) is 101 Å². The van der Waals surface area contributed by atoms with Crippen LogP contribution in [0.25, 0.3) is 0 Å². The summed E-state index contributed by atoms with van der Waals surface area (Å²) in [6.07, 6.45) is 4.62. The molecule has 0 radical (unpaired) electrons. The number of piperidine rings is 1. The van der Waals surface area contributed by atoms with Gasteiger partial charge in [0, 0.05) is 63.1 Å². The maximum absolute atomic E-state index is 14.7. The van der Waals surface area contributed by atoms with E-state index < -0.39 is 23.4 Å². The number of benzene rings is 1. The number of piperazine rings is 1. The van der Waals surface area contributed by atoms with Crippen LogP contribution in [0.3, 0.4) is 0 Å². The van der Waals surface area contributed by atoms with Crippen LogP contribution in [0.5, 0.6) is 0 Å². The van der Waals surface area contributed by atoms with Crippen LogP contribution < -0.4 is 5.32 Å². The number of thiazole rings is 1. The summed E-state index contributed by atoms with van der Waals surface area (Å²) in [5, 5.41) is 15.5. The Hall–Kier alpha value is -3.84. The minimum atomic E-state index is -0.781. The fraction of sp³-hybridized carbons (Fsp3) is 0.531. The summed E-state index contributed by atoms with van der Waals surface area (Å²) < 4.78 is 20.2. The number of halogens is 1. The first-order chi connectivity index (χ1) is 21.7. The normalized spacial score (nSPS) is 22.1. The Morgan fingerprint density at radius 3 is 2.44 bits per heavy atom. The number of carboxylic acids is 1. The molecule has 45 heavy (non-hydrogen) atoms. The molecule has 240 valence electrons. The van der Waals surface area contributed by atoms with Gasteiger partial charge in [-0.05, 0) is 62.6 Å². The molecule has 3 aliphatic heterocycles. The van der Waals surface area contributed by atoms with Gasteiger partial charge in [-0.25, -0.2) is 19.0 Å². The van der Waals surface area contributed by atoms with Crippen LogP contribution >= 0.6 is 11.3 Å². The predicted octanol–water partition coefficient (Wildman–Crippen LogP) is 3.81. The number of hydrogen-bond donors (Lipinski definition) is 2. The summed E-state index contributed by atoms with van der Waals surface area (Å²) in [6.45, 7) is 7.41. The number of esters is 1. The van der Waals surface area contributed by atoms with Gasteiger partial charge in [0.1, 0.15) is 11.9 Å². The first-order valence-electron chi connectivity index (χ1n) is 15.6. The number of rotatable bonds is 8. The van der Waals surface area contributed by atoms with E-state index in [-0.39, 0.29) is 24.4 Å². The van der Waals surface area contributed by atoms with E-state index in [4.69, 9.17) is 9.73 Å². The summed E-state index contributed by atoms with van der Waals surface area (Å²) in [6, 6.07) is 4.01. The number of carbonyl (C=O) groups is 3. The molecule has 2 saturated heterocycles. The minimum absolute atomic E-state index is 0.00433. The quantitative estimate of drug-likeness (QED) is 0.418. The van der Waals surface area contributed by atoms with Crippen molar-refractivity contribution in [3.8, 4) is 0 Å². The summed E-state index contributed by atoms with van der Waals surface area (Å²) in [4.78, 5) is 53.8. The average Bonchev–Trinajstić information content (AvgIpc) is 3.68. The predicted molar refractivity (Wildman–Crippen MR) is 166 cm³/mol. The molecule has 0 bridgehead atoms. The van der Waals surface area contributed by atoms with Gasteiger partial charge in [0.2, 0.25) is 0 Å². The van der Waals surface area contributed by atoms with Gasteiger partial charge in [0.05, 0.1) is 17.6 Å². The van der Waals surface area contributed by atoms with Crippen LogP contribution in [0.1, 0.15) is 54.8 Å². The smallest absolute Gasteiger partial charge is 0.338 e. The van der Waals surface area contributed by atoms with E-state index in [1.54, 1.807) is 32.2 Å². The minimum Gasteiger partial charge on any atom is -0.481 e. The second kappa shape index (κ2) is 12.9. The highest BCUT2D eigenvalue weighted by Crippen LogP contribution is 2.55. The van der Waals surface area contributed by atoms with E-state index in [1.807, 2.05) is 15.2 Å². The molecule has 2 N–H and O–H groups in total. The average molecular weight is 639 g/mol. The molecule has 0 spiro atoms. The van der Waals surface area contributed by atoms with Crippen molar-refractivity contribution < 1.29 is 28.6 Å². The number of carbonyl (C=O) groups excluding carboxylic acids is 2. The van der Waals surface area contributed by atoms with Gasteiger partial charge in [-0.15, -0.1) is 11.3 Å². The third kappa shape index (κ3) is 6.19. The molecule has 4 aliphatic rings. The van der Waals surface area contributed by atoms with Gasteiger partial charge in [0.25, 0.3) is 0 Å². The standard InChI is InChI=1S/C32H39FN6O5S/c1-3-44-29(40)25-24(35-27(28-34-11-18-45-28)36-26(25)22-5-4-6-23(33)20(22)2)19-37-14-16-39(17-15-37)31(43)38-12-7-21(8-13-38)32(9-10-32)30(41)42/h4-6,11,18,21,26H,3,7-10,12-17,19H2,1-2H3,(H,35,36)(H,41,42). The molecule has 1 aromatic heterocycles. The highest BCUT2D eigenvalue weighted by Gasteiger charge is 2.56. The van der Waals surface area contributed by atoms with Gasteiger partial charge in [-0.3, -0.25) is 14.7 Å². The highest BCUT2D eigenvalue weighted by atomic mass is 32.1. The molecule has 6 rings (SSSR count). The zero-order valence-corrected chi connectivity index (χ0v) is 26.4. The van der Waals surface area contributed by atoms with E-state index in [0.29, 0.717) is 79.1 Å². The number of hydrogen-bond acceptors (Lipinski definition) is 9. The van der Waals surface area contributed by atoms with Crippen LogP contribution in [0.4, 0.5) is 9.18 Å². The Morgan fingerprint density at radius 1 is 1.11 bits per heavy atom. The number of aromatic nitrogens is 1. The maximum Gasteiger partial charge on any atom is 0.338 e. The van der Waals surface area contributed by atoms with Crippen molar-refractivity contribution in [2.45, 2.75) is 45.6 Å². The molecular weight excluding hydrogens is 599 g/mol. The van der Waals surface area contributed by atoms with Crippen molar-refractivity contribution in [2.75, 3.05) is 52.4 Å². The number of aliphatic imine (C=N–C) groups is 1. The molecule has 1 atom stereocenters. The van der Waals surface area contributed by atoms with Crippen molar-refractivity contribution in [1.82, 2.24) is 25.0 Å². The number of urea groups is 1. The van der Waals surface area contributed by atoms with E-state index in [2.05, 4.69) is 15.2 Å². The molecule has 4 heterocycles. The first kappa shape index (κ1) is 31.2. The number of ether oxygens (including phenoxy) is 1. The molecule has 3 fully saturated rings. The summed E-state index contributed by atoms with van der Waals surface area (Å²) >= 11 is 1.42. The molecule has 1 aromatic carbocycles. The SMILES string of the molecule is CCOC(=O)C1=C(CN2CCN(C(=O)N3CCC(C4(C(=O)O)CC4)CC3)CC2)NC(c2nccs2)=NC1c1cccc(F)c1C. The summed E-state index contributed by atoms with van der Waals surface area (Å²) in [5.74, 6) is -0.933. The van der Waals surface area contributed by atoms with Crippen molar-refractivity contribution in [2.24, 2.45) is 16.3 Å². The Balaban J connectivity index is 1.17. The third-order valence-electron chi connectivity index (χ3n) is 9.65. The Bertz CT molecular complexity index is 1510. The van der Waals surface area contributed by atoms with Gasteiger partial charge in [-0.2, -0.15) is 0 Å². The molecule has 1 unspecified atom stereocenters. The van der Waals surface area contributed by atoms with Gasteiger partial charge < -0.3 is 25.0 Å². The largest absolute Gasteiger partial charge is 0.481 e. The number of amidine groups is 1. The summed E-state index contributed by atoms with van der Waals surface area (Å²) in [7, 11) is 0. The zero-order valence-electron chi connectivity index (χ0n) is 25.6. The lowest BCUT2D eigenvalue weighted by Gasteiger charge is -2.41. The van der Waals surface area contributed by atoms with Crippen LogP contribution in [-0.2, 0) is 14.3 Å². The van der Waals surface area contributed by atoms with Crippen molar-refractivity contribution in [3.63, 3.8) is 0 Å². The molecular formula is C32H39FN6O5S. The van der Waals surface area contributed by atoms with E-state index >= 15 is 0 Å². The molecule has 1 saturated carbocycles. The summed E-state index contributed by atoms with van der Waals surface area (Å²) in [5.41, 5.74) is 1.39. The van der Waals surface area contributed by atoms with Gasteiger partial charge in [-0.1, -0.05) is 12.1 Å². The van der Waals surface area contributed by atoms with Crippen LogP contribution in [0, 0.1) is 24.1 Å². The highest BCUT2D eigenvalue weighted by molar-refractivity contribution is 7.11. The lowest BCUT2D eigenvalue weighted by molar-refractivity contribution is -0.146. The number of carboxylic acid groups (broad SMARTS) is 1. The fourth-order valence-electron chi connectivity index (χ4n) is 6.84. The molecule has 13 heteroatoms. The molecule has 2 amide bonds. The lowest BCUT2D eigenvalue weighted by atomic mass is 9.81. The topological polar surface area (TPSA) is 128 Å². The van der Waals surface area contributed by atoms with Crippen LogP contribution in [0.15, 0.2) is 46.0 Å².